The van der Waals surface area contributed by atoms with E-state index in [4.69, 9.17) is 27.9 Å². The number of hydrogen-bond donors (Lipinski definition) is 0. The molecule has 0 unspecified atom stereocenters. The summed E-state index contributed by atoms with van der Waals surface area (Å²) in [6, 6.07) is 14.5. The van der Waals surface area contributed by atoms with E-state index in [2.05, 4.69) is 57.0 Å². The molecule has 0 radical (unpaired) electrons. The summed E-state index contributed by atoms with van der Waals surface area (Å²) in [5.41, 5.74) is 2.41. The lowest BCUT2D eigenvalue weighted by molar-refractivity contribution is 0.148. The fraction of sp³-hybridized carbons (Fsp3) is 0.538. The Morgan fingerprint density at radius 2 is 1.48 bits per heavy atom. The van der Waals surface area contributed by atoms with Gasteiger partial charge < -0.3 is 14.5 Å². The molecule has 2 aromatic rings. The maximum Gasteiger partial charge on any atom is 0.119 e. The van der Waals surface area contributed by atoms with Crippen LogP contribution in [0.25, 0.3) is 0 Å². The average molecular weight is 492 g/mol. The van der Waals surface area contributed by atoms with E-state index < -0.39 is 0 Å². The molecule has 2 heterocycles. The summed E-state index contributed by atoms with van der Waals surface area (Å²) < 4.78 is 5.98. The molecule has 0 amide bonds. The first-order valence-corrected chi connectivity index (χ1v) is 12.9. The number of anilines is 1. The van der Waals surface area contributed by atoms with Gasteiger partial charge in [0.1, 0.15) is 5.75 Å². The fourth-order valence-corrected chi connectivity index (χ4v) is 4.95. The van der Waals surface area contributed by atoms with Crippen LogP contribution in [0.5, 0.6) is 5.75 Å². The largest absolute Gasteiger partial charge is 0.494 e. The minimum Gasteiger partial charge on any atom is -0.494 e. The Hall–Kier alpha value is -1.50. The second kappa shape index (κ2) is 12.3. The first kappa shape index (κ1) is 24.6. The molecule has 2 fully saturated rings. The van der Waals surface area contributed by atoms with E-state index in [1.165, 1.54) is 5.56 Å². The quantitative estimate of drug-likeness (QED) is 0.472. The molecule has 0 N–H and O–H groups in total. The summed E-state index contributed by atoms with van der Waals surface area (Å²) in [4.78, 5) is 9.78. The third-order valence-corrected chi connectivity index (χ3v) is 7.52. The van der Waals surface area contributed by atoms with Crippen molar-refractivity contribution in [3.63, 3.8) is 0 Å². The third-order valence-electron chi connectivity index (χ3n) is 6.71. The second-order valence-corrected chi connectivity index (χ2v) is 9.97. The van der Waals surface area contributed by atoms with E-state index in [0.717, 1.165) is 96.3 Å². The Morgan fingerprint density at radius 3 is 2.21 bits per heavy atom. The summed E-state index contributed by atoms with van der Waals surface area (Å²) in [5, 5.41) is 1.29. The van der Waals surface area contributed by atoms with Crippen LogP contribution < -0.4 is 9.64 Å². The van der Waals surface area contributed by atoms with Gasteiger partial charge in [-0.15, -0.1) is 0 Å². The lowest BCUT2D eigenvalue weighted by atomic mass is 10.2. The van der Waals surface area contributed by atoms with Gasteiger partial charge in [-0.2, -0.15) is 0 Å². The van der Waals surface area contributed by atoms with Crippen molar-refractivity contribution in [3.8, 4) is 5.75 Å². The van der Waals surface area contributed by atoms with Crippen LogP contribution in [0, 0.1) is 0 Å². The highest BCUT2D eigenvalue weighted by molar-refractivity contribution is 6.43. The maximum atomic E-state index is 6.38. The van der Waals surface area contributed by atoms with E-state index in [9.17, 15) is 0 Å². The molecule has 33 heavy (non-hydrogen) atoms. The van der Waals surface area contributed by atoms with Gasteiger partial charge in [-0.05, 0) is 56.3 Å². The van der Waals surface area contributed by atoms with Crippen LogP contribution >= 0.6 is 23.2 Å². The van der Waals surface area contributed by atoms with E-state index in [1.54, 1.807) is 0 Å². The predicted molar refractivity (Wildman–Crippen MR) is 139 cm³/mol. The lowest BCUT2D eigenvalue weighted by Crippen LogP contribution is -2.46. The molecule has 2 aliphatic rings. The van der Waals surface area contributed by atoms with Crippen LogP contribution in [-0.2, 0) is 6.54 Å². The van der Waals surface area contributed by atoms with Crippen molar-refractivity contribution < 1.29 is 4.74 Å². The molecule has 5 nitrogen and oxygen atoms in total. The van der Waals surface area contributed by atoms with Gasteiger partial charge in [0, 0.05) is 58.9 Å². The normalized spacial score (nSPS) is 18.6. The minimum atomic E-state index is 0.626. The van der Waals surface area contributed by atoms with Crippen molar-refractivity contribution in [3.05, 3.63) is 58.1 Å². The molecule has 0 bridgehead atoms. The summed E-state index contributed by atoms with van der Waals surface area (Å²) in [6.07, 6.45) is 2.22. The first-order valence-electron chi connectivity index (χ1n) is 12.1. The monoisotopic (exact) mass is 490 g/mol. The van der Waals surface area contributed by atoms with Crippen molar-refractivity contribution in [2.45, 2.75) is 19.4 Å². The topological polar surface area (TPSA) is 22.2 Å². The number of piperazine rings is 2. The highest BCUT2D eigenvalue weighted by Crippen LogP contribution is 2.32. The number of likely N-dealkylation sites (N-methyl/N-ethyl adjacent to an activating group) is 1. The zero-order valence-electron chi connectivity index (χ0n) is 19.7. The third kappa shape index (κ3) is 7.24. The molecule has 4 rings (SSSR count). The van der Waals surface area contributed by atoms with E-state index >= 15 is 0 Å². The van der Waals surface area contributed by atoms with Gasteiger partial charge in [0.2, 0.25) is 0 Å². The van der Waals surface area contributed by atoms with Crippen LogP contribution in [0.4, 0.5) is 5.69 Å². The number of nitrogens with zero attached hydrogens (tertiary/aromatic N) is 4. The highest BCUT2D eigenvalue weighted by atomic mass is 35.5. The highest BCUT2D eigenvalue weighted by Gasteiger charge is 2.19. The number of rotatable bonds is 9. The molecule has 0 spiro atoms. The number of halogens is 2. The smallest absolute Gasteiger partial charge is 0.119 e. The van der Waals surface area contributed by atoms with E-state index in [1.807, 2.05) is 12.1 Å². The minimum absolute atomic E-state index is 0.626. The zero-order chi connectivity index (χ0) is 23.0. The Balaban J connectivity index is 1.09. The van der Waals surface area contributed by atoms with Crippen molar-refractivity contribution in [2.75, 3.05) is 77.5 Å². The van der Waals surface area contributed by atoms with Crippen molar-refractivity contribution in [1.82, 2.24) is 14.7 Å². The first-order chi connectivity index (χ1) is 16.1. The molecular formula is C26H36Cl2N4O. The predicted octanol–water partition coefficient (Wildman–Crippen LogP) is 4.72. The standard InChI is InChI=1S/C26H36Cl2N4O/c1-29-12-14-31(15-13-29)21-22-7-9-23(10-8-22)33-20-3-2-11-30-16-18-32(19-17-30)25-6-4-5-24(27)26(25)28/h4-10H,2-3,11-21H2,1H3. The van der Waals surface area contributed by atoms with Gasteiger partial charge in [0.05, 0.1) is 22.3 Å². The molecule has 0 aliphatic carbocycles. The number of unbranched alkanes of at least 4 members (excludes halogenated alkanes) is 1. The van der Waals surface area contributed by atoms with Gasteiger partial charge in [-0.1, -0.05) is 41.4 Å². The number of hydrogen-bond acceptors (Lipinski definition) is 5. The molecule has 0 atom stereocenters. The summed E-state index contributed by atoms with van der Waals surface area (Å²) in [6.45, 7) is 11.6. The summed E-state index contributed by atoms with van der Waals surface area (Å²) >= 11 is 12.6. The van der Waals surface area contributed by atoms with Crippen LogP contribution in [0.15, 0.2) is 42.5 Å². The SMILES string of the molecule is CN1CCN(Cc2ccc(OCCCCN3CCN(c4cccc(Cl)c4Cl)CC3)cc2)CC1. The molecular weight excluding hydrogens is 455 g/mol. The van der Waals surface area contributed by atoms with Crippen LogP contribution in [0.3, 0.4) is 0 Å². The maximum absolute atomic E-state index is 6.38. The lowest BCUT2D eigenvalue weighted by Gasteiger charge is -2.36. The van der Waals surface area contributed by atoms with E-state index in [0.29, 0.717) is 10.0 Å². The second-order valence-electron chi connectivity index (χ2n) is 9.18. The molecule has 2 aromatic carbocycles. The average Bonchev–Trinajstić information content (AvgIpc) is 2.84. The molecule has 0 saturated carbocycles. The van der Waals surface area contributed by atoms with Crippen molar-refractivity contribution in [2.24, 2.45) is 0 Å². The fourth-order valence-electron chi connectivity index (χ4n) is 4.53. The number of ether oxygens (including phenoxy) is 1. The summed E-state index contributed by atoms with van der Waals surface area (Å²) in [5.74, 6) is 0.976. The Bertz CT molecular complexity index is 863. The van der Waals surface area contributed by atoms with Gasteiger partial charge in [-0.3, -0.25) is 9.80 Å². The molecule has 2 saturated heterocycles. The Labute approximate surface area is 208 Å². The van der Waals surface area contributed by atoms with Crippen LogP contribution in [0.2, 0.25) is 10.0 Å². The molecule has 180 valence electrons. The van der Waals surface area contributed by atoms with Crippen LogP contribution in [-0.4, -0.2) is 87.3 Å². The van der Waals surface area contributed by atoms with Gasteiger partial charge >= 0.3 is 0 Å². The van der Waals surface area contributed by atoms with Gasteiger partial charge in [0.15, 0.2) is 0 Å². The zero-order valence-corrected chi connectivity index (χ0v) is 21.2. The van der Waals surface area contributed by atoms with E-state index in [-0.39, 0.29) is 0 Å². The molecule has 2 aliphatic heterocycles. The van der Waals surface area contributed by atoms with Crippen molar-refractivity contribution >= 4 is 28.9 Å². The number of benzene rings is 2. The van der Waals surface area contributed by atoms with Gasteiger partial charge in [0.25, 0.3) is 0 Å². The molecule has 0 aromatic heterocycles. The Kier molecular flexibility index (Phi) is 9.16. The Morgan fingerprint density at radius 1 is 0.788 bits per heavy atom. The summed E-state index contributed by atoms with van der Waals surface area (Å²) in [7, 11) is 2.20. The van der Waals surface area contributed by atoms with Crippen molar-refractivity contribution in [1.29, 1.82) is 0 Å². The molecule has 7 heteroatoms. The van der Waals surface area contributed by atoms with Crippen LogP contribution in [0.1, 0.15) is 18.4 Å². The van der Waals surface area contributed by atoms with Gasteiger partial charge in [-0.25, -0.2) is 0 Å².